The Morgan fingerprint density at radius 1 is 1.10 bits per heavy atom. The molecule has 0 fully saturated rings. The van der Waals surface area contributed by atoms with E-state index in [0.29, 0.717) is 22.8 Å². The maximum atomic E-state index is 11.9. The number of hydrogen-bond acceptors (Lipinski definition) is 5. The predicted octanol–water partition coefficient (Wildman–Crippen LogP) is 2.08. The molecule has 6 nitrogen and oxygen atoms in total. The molecule has 3 aromatic rings. The summed E-state index contributed by atoms with van der Waals surface area (Å²) in [6.07, 6.45) is 0. The lowest BCUT2D eigenvalue weighted by atomic mass is 10.2. The maximum absolute atomic E-state index is 11.9. The zero-order chi connectivity index (χ0) is 14.8. The number of H-pyrrole nitrogens is 1. The fraction of sp³-hybridized carbons (Fsp3) is 0.0667. The topological polar surface area (TPSA) is 107 Å². The molecule has 0 amide bonds. The van der Waals surface area contributed by atoms with Crippen molar-refractivity contribution in [3.8, 4) is 0 Å². The second kappa shape index (κ2) is 5.16. The molecule has 0 saturated heterocycles. The third-order valence-corrected chi connectivity index (χ3v) is 3.04. The molecule has 0 unspecified atom stereocenters. The summed E-state index contributed by atoms with van der Waals surface area (Å²) >= 11 is 0. The summed E-state index contributed by atoms with van der Waals surface area (Å²) in [7, 11) is 0. The van der Waals surface area contributed by atoms with Crippen molar-refractivity contribution in [1.29, 1.82) is 0 Å². The Kier molecular flexibility index (Phi) is 3.19. The number of nitrogen functional groups attached to an aromatic ring is 2. The first-order valence-electron chi connectivity index (χ1n) is 6.38. The zero-order valence-corrected chi connectivity index (χ0v) is 11.2. The number of imidazole rings is 1. The van der Waals surface area contributed by atoms with Crippen molar-refractivity contribution in [2.75, 3.05) is 11.5 Å². The lowest BCUT2D eigenvalue weighted by molar-refractivity contribution is 0.0463. The zero-order valence-electron chi connectivity index (χ0n) is 11.2. The minimum absolute atomic E-state index is 0.0673. The highest BCUT2D eigenvalue weighted by Gasteiger charge is 2.09. The predicted molar refractivity (Wildman–Crippen MR) is 80.5 cm³/mol. The van der Waals surface area contributed by atoms with Gasteiger partial charge < -0.3 is 21.2 Å². The summed E-state index contributed by atoms with van der Waals surface area (Å²) < 4.78 is 5.21. The summed E-state index contributed by atoms with van der Waals surface area (Å²) in [4.78, 5) is 19.3. The second-order valence-electron chi connectivity index (χ2n) is 4.66. The smallest absolute Gasteiger partial charge is 0.338 e. The third kappa shape index (κ3) is 2.79. The van der Waals surface area contributed by atoms with E-state index in [2.05, 4.69) is 9.97 Å². The number of nitrogens with one attached hydrogen (secondary N) is 1. The van der Waals surface area contributed by atoms with Gasteiger partial charge in [0.15, 0.2) is 0 Å². The van der Waals surface area contributed by atoms with Crippen LogP contribution in [0.2, 0.25) is 0 Å². The standard InChI is InChI=1S/C15H14N4O2/c16-10-3-1-9(2-4-10)15(20)21-8-14-18-12-6-5-11(17)7-13(12)19-14/h1-7H,8,16-17H2,(H,18,19). The summed E-state index contributed by atoms with van der Waals surface area (Å²) in [6, 6.07) is 11.9. The number of ether oxygens (including phenoxy) is 1. The lowest BCUT2D eigenvalue weighted by Gasteiger charge is -2.03. The maximum Gasteiger partial charge on any atom is 0.338 e. The molecule has 0 bridgehead atoms. The van der Waals surface area contributed by atoms with Crippen LogP contribution in [0, 0.1) is 0 Å². The van der Waals surface area contributed by atoms with Gasteiger partial charge in [-0.1, -0.05) is 0 Å². The van der Waals surface area contributed by atoms with Crippen molar-refractivity contribution in [2.45, 2.75) is 6.61 Å². The first-order chi connectivity index (χ1) is 10.1. The molecule has 106 valence electrons. The van der Waals surface area contributed by atoms with Crippen molar-refractivity contribution in [3.63, 3.8) is 0 Å². The summed E-state index contributed by atoms with van der Waals surface area (Å²) in [5.41, 5.74) is 14.6. The number of carbonyl (C=O) groups excluding carboxylic acids is 1. The van der Waals surface area contributed by atoms with Gasteiger partial charge >= 0.3 is 5.97 Å². The van der Waals surface area contributed by atoms with Crippen LogP contribution in [0.3, 0.4) is 0 Å². The molecule has 3 rings (SSSR count). The molecule has 1 aromatic heterocycles. The van der Waals surface area contributed by atoms with Crippen molar-refractivity contribution in [2.24, 2.45) is 0 Å². The molecular formula is C15H14N4O2. The number of benzene rings is 2. The van der Waals surface area contributed by atoms with E-state index < -0.39 is 5.97 Å². The molecular weight excluding hydrogens is 268 g/mol. The highest BCUT2D eigenvalue weighted by atomic mass is 16.5. The number of hydrogen-bond donors (Lipinski definition) is 3. The van der Waals surface area contributed by atoms with E-state index in [-0.39, 0.29) is 6.61 Å². The molecule has 6 heteroatoms. The summed E-state index contributed by atoms with van der Waals surface area (Å²) in [5.74, 6) is 0.148. The highest BCUT2D eigenvalue weighted by Crippen LogP contribution is 2.15. The van der Waals surface area contributed by atoms with Gasteiger partial charge in [0.2, 0.25) is 0 Å². The van der Waals surface area contributed by atoms with Crippen molar-refractivity contribution >= 4 is 28.4 Å². The Labute approximate surface area is 120 Å². The molecule has 2 aromatic carbocycles. The van der Waals surface area contributed by atoms with Crippen LogP contribution >= 0.6 is 0 Å². The molecule has 0 aliphatic rings. The van der Waals surface area contributed by atoms with Crippen molar-refractivity contribution in [3.05, 3.63) is 53.9 Å². The normalized spacial score (nSPS) is 10.7. The van der Waals surface area contributed by atoms with Gasteiger partial charge in [0.1, 0.15) is 12.4 Å². The van der Waals surface area contributed by atoms with Gasteiger partial charge in [-0.3, -0.25) is 0 Å². The number of rotatable bonds is 3. The molecule has 5 N–H and O–H groups in total. The molecule has 0 aliphatic heterocycles. The van der Waals surface area contributed by atoms with E-state index in [1.165, 1.54) is 0 Å². The Morgan fingerprint density at radius 2 is 1.81 bits per heavy atom. The molecule has 0 aliphatic carbocycles. The monoisotopic (exact) mass is 282 g/mol. The van der Waals surface area contributed by atoms with Crippen LogP contribution in [0.15, 0.2) is 42.5 Å². The first-order valence-corrected chi connectivity index (χ1v) is 6.38. The Bertz CT molecular complexity index is 793. The summed E-state index contributed by atoms with van der Waals surface area (Å²) in [5, 5.41) is 0. The van der Waals surface area contributed by atoms with Crippen LogP contribution in [-0.4, -0.2) is 15.9 Å². The first kappa shape index (κ1) is 13.0. The van der Waals surface area contributed by atoms with Gasteiger partial charge in [-0.15, -0.1) is 0 Å². The van der Waals surface area contributed by atoms with E-state index in [9.17, 15) is 4.79 Å². The van der Waals surface area contributed by atoms with Gasteiger partial charge in [-0.05, 0) is 42.5 Å². The molecule has 0 spiro atoms. The number of carbonyl (C=O) groups is 1. The van der Waals surface area contributed by atoms with Gasteiger partial charge in [-0.2, -0.15) is 0 Å². The molecule has 1 heterocycles. The van der Waals surface area contributed by atoms with Crippen molar-refractivity contribution in [1.82, 2.24) is 9.97 Å². The van der Waals surface area contributed by atoms with Crippen LogP contribution in [0.4, 0.5) is 11.4 Å². The van der Waals surface area contributed by atoms with Crippen LogP contribution in [0.1, 0.15) is 16.2 Å². The van der Waals surface area contributed by atoms with E-state index in [1.807, 2.05) is 6.07 Å². The average molecular weight is 282 g/mol. The summed E-state index contributed by atoms with van der Waals surface area (Å²) in [6.45, 7) is 0.0673. The number of aromatic nitrogens is 2. The largest absolute Gasteiger partial charge is 0.454 e. The van der Waals surface area contributed by atoms with E-state index >= 15 is 0 Å². The molecule has 0 radical (unpaired) electrons. The molecule has 0 atom stereocenters. The van der Waals surface area contributed by atoms with Crippen LogP contribution in [0.25, 0.3) is 11.0 Å². The molecule has 21 heavy (non-hydrogen) atoms. The van der Waals surface area contributed by atoms with E-state index in [1.54, 1.807) is 36.4 Å². The van der Waals surface area contributed by atoms with Crippen molar-refractivity contribution < 1.29 is 9.53 Å². The van der Waals surface area contributed by atoms with Gasteiger partial charge in [0, 0.05) is 11.4 Å². The quantitative estimate of drug-likeness (QED) is 0.503. The van der Waals surface area contributed by atoms with Gasteiger partial charge in [-0.25, -0.2) is 9.78 Å². The fourth-order valence-electron chi connectivity index (χ4n) is 1.98. The molecule has 0 saturated carbocycles. The van der Waals surface area contributed by atoms with E-state index in [4.69, 9.17) is 16.2 Å². The third-order valence-electron chi connectivity index (χ3n) is 3.04. The minimum atomic E-state index is -0.421. The fourth-order valence-corrected chi connectivity index (χ4v) is 1.98. The van der Waals surface area contributed by atoms with Crippen LogP contribution in [-0.2, 0) is 11.3 Å². The Balaban J connectivity index is 1.71. The van der Waals surface area contributed by atoms with Crippen LogP contribution in [0.5, 0.6) is 0 Å². The number of nitrogens with zero attached hydrogens (tertiary/aromatic N) is 1. The Morgan fingerprint density at radius 3 is 2.57 bits per heavy atom. The SMILES string of the molecule is Nc1ccc(C(=O)OCc2nc3ccc(N)cc3[nH]2)cc1. The number of esters is 1. The number of fused-ring (bicyclic) bond motifs is 1. The second-order valence-corrected chi connectivity index (χ2v) is 4.66. The Hall–Kier alpha value is -3.02. The van der Waals surface area contributed by atoms with Crippen LogP contribution < -0.4 is 11.5 Å². The number of nitrogens with two attached hydrogens (primary N) is 2. The minimum Gasteiger partial charge on any atom is -0.454 e. The highest BCUT2D eigenvalue weighted by molar-refractivity contribution is 5.89. The average Bonchev–Trinajstić information content (AvgIpc) is 2.87. The van der Waals surface area contributed by atoms with E-state index in [0.717, 1.165) is 11.0 Å². The lowest BCUT2D eigenvalue weighted by Crippen LogP contribution is -2.06. The van der Waals surface area contributed by atoms with Gasteiger partial charge in [0.25, 0.3) is 0 Å². The van der Waals surface area contributed by atoms with Gasteiger partial charge in [0.05, 0.1) is 16.6 Å². The number of aromatic amines is 1. The number of anilines is 2.